The minimum Gasteiger partial charge on any atom is -0.368 e. The molecular formula is C21H23N3O2S. The average Bonchev–Trinajstić information content (AvgIpc) is 2.87. The number of amides is 2. The third-order valence-electron chi connectivity index (χ3n) is 5.02. The molecule has 2 aromatic carbocycles. The molecule has 0 spiro atoms. The molecule has 140 valence electrons. The molecule has 2 heterocycles. The van der Waals surface area contributed by atoms with Gasteiger partial charge in [-0.1, -0.05) is 12.1 Å². The maximum absolute atomic E-state index is 12.9. The third-order valence-corrected chi connectivity index (χ3v) is 6.10. The molecule has 2 amide bonds. The zero-order valence-corrected chi connectivity index (χ0v) is 16.2. The standard InChI is InChI=1S/C21H23N3O2S/c1-15-3-2-4-17(13-15)23-8-10-24(11-9-23)21(26)16-5-6-19-18(14-16)22-20(25)7-12-27-19/h2-6,13-14H,7-12H2,1H3,(H,22,25). The normalized spacial score (nSPS) is 17.1. The number of carbonyl (C=O) groups is 2. The fourth-order valence-electron chi connectivity index (χ4n) is 3.53. The minimum absolute atomic E-state index is 0.0117. The average molecular weight is 382 g/mol. The van der Waals surface area contributed by atoms with Gasteiger partial charge in [0.05, 0.1) is 5.69 Å². The molecule has 0 radical (unpaired) electrons. The van der Waals surface area contributed by atoms with Crippen molar-refractivity contribution in [2.24, 2.45) is 0 Å². The van der Waals surface area contributed by atoms with Crippen LogP contribution in [0.2, 0.25) is 0 Å². The quantitative estimate of drug-likeness (QED) is 0.866. The number of thioether (sulfide) groups is 1. The number of nitrogens with one attached hydrogen (secondary N) is 1. The molecule has 0 aromatic heterocycles. The summed E-state index contributed by atoms with van der Waals surface area (Å²) in [5.41, 5.74) is 3.86. The van der Waals surface area contributed by atoms with Crippen LogP contribution in [-0.2, 0) is 4.79 Å². The van der Waals surface area contributed by atoms with E-state index >= 15 is 0 Å². The van der Waals surface area contributed by atoms with E-state index in [0.29, 0.717) is 25.1 Å². The summed E-state index contributed by atoms with van der Waals surface area (Å²) in [6.07, 6.45) is 0.504. The second kappa shape index (κ2) is 7.64. The van der Waals surface area contributed by atoms with Crippen LogP contribution in [0.25, 0.3) is 0 Å². The Morgan fingerprint density at radius 2 is 1.89 bits per heavy atom. The Bertz CT molecular complexity index is 875. The predicted octanol–water partition coefficient (Wildman–Crippen LogP) is 3.39. The number of piperazine rings is 1. The van der Waals surface area contributed by atoms with Gasteiger partial charge in [0, 0.05) is 54.5 Å². The van der Waals surface area contributed by atoms with Gasteiger partial charge in [-0.25, -0.2) is 0 Å². The SMILES string of the molecule is Cc1cccc(N2CCN(C(=O)c3ccc4c(c3)NC(=O)CCS4)CC2)c1. The zero-order valence-electron chi connectivity index (χ0n) is 15.4. The van der Waals surface area contributed by atoms with Crippen LogP contribution in [-0.4, -0.2) is 48.6 Å². The molecule has 4 rings (SSSR count). The van der Waals surface area contributed by atoms with E-state index in [1.54, 1.807) is 11.8 Å². The maximum Gasteiger partial charge on any atom is 0.254 e. The summed E-state index contributed by atoms with van der Waals surface area (Å²) in [6.45, 7) is 5.15. The van der Waals surface area contributed by atoms with Crippen molar-refractivity contribution in [2.75, 3.05) is 42.1 Å². The fourth-order valence-corrected chi connectivity index (χ4v) is 4.47. The first kappa shape index (κ1) is 17.9. The van der Waals surface area contributed by atoms with Crippen molar-refractivity contribution in [1.29, 1.82) is 0 Å². The molecule has 27 heavy (non-hydrogen) atoms. The summed E-state index contributed by atoms with van der Waals surface area (Å²) in [5.74, 6) is 0.815. The molecule has 0 aliphatic carbocycles. The molecule has 0 unspecified atom stereocenters. The largest absolute Gasteiger partial charge is 0.368 e. The van der Waals surface area contributed by atoms with Crippen molar-refractivity contribution >= 4 is 35.0 Å². The van der Waals surface area contributed by atoms with Gasteiger partial charge in [-0.15, -0.1) is 11.8 Å². The number of hydrogen-bond acceptors (Lipinski definition) is 4. The number of hydrogen-bond donors (Lipinski definition) is 1. The summed E-state index contributed by atoms with van der Waals surface area (Å²) in [4.78, 5) is 30.0. The topological polar surface area (TPSA) is 52.6 Å². The van der Waals surface area contributed by atoms with Gasteiger partial charge in [-0.05, 0) is 42.8 Å². The molecule has 0 saturated carbocycles. The van der Waals surface area contributed by atoms with E-state index < -0.39 is 0 Å². The summed E-state index contributed by atoms with van der Waals surface area (Å²) in [5, 5.41) is 2.92. The number of rotatable bonds is 2. The number of benzene rings is 2. The Kier molecular flexibility index (Phi) is 5.07. The lowest BCUT2D eigenvalue weighted by Gasteiger charge is -2.36. The number of nitrogens with zero attached hydrogens (tertiary/aromatic N) is 2. The molecular weight excluding hydrogens is 358 g/mol. The molecule has 5 nitrogen and oxygen atoms in total. The Labute approximate surface area is 163 Å². The first-order valence-electron chi connectivity index (χ1n) is 9.28. The first-order valence-corrected chi connectivity index (χ1v) is 10.3. The monoisotopic (exact) mass is 381 g/mol. The van der Waals surface area contributed by atoms with Crippen molar-refractivity contribution in [2.45, 2.75) is 18.2 Å². The fraction of sp³-hybridized carbons (Fsp3) is 0.333. The van der Waals surface area contributed by atoms with Crippen molar-refractivity contribution in [3.63, 3.8) is 0 Å². The molecule has 1 fully saturated rings. The van der Waals surface area contributed by atoms with Crippen LogP contribution >= 0.6 is 11.8 Å². The van der Waals surface area contributed by atoms with E-state index in [1.165, 1.54) is 11.3 Å². The van der Waals surface area contributed by atoms with E-state index in [0.717, 1.165) is 29.4 Å². The number of anilines is 2. The summed E-state index contributed by atoms with van der Waals surface area (Å²) in [7, 11) is 0. The summed E-state index contributed by atoms with van der Waals surface area (Å²) >= 11 is 1.65. The van der Waals surface area contributed by atoms with E-state index in [-0.39, 0.29) is 11.8 Å². The lowest BCUT2D eigenvalue weighted by molar-refractivity contribution is -0.115. The van der Waals surface area contributed by atoms with Crippen molar-refractivity contribution in [3.8, 4) is 0 Å². The highest BCUT2D eigenvalue weighted by Gasteiger charge is 2.23. The van der Waals surface area contributed by atoms with Gasteiger partial charge in [-0.2, -0.15) is 0 Å². The van der Waals surface area contributed by atoms with Gasteiger partial charge in [0.25, 0.3) is 5.91 Å². The first-order chi connectivity index (χ1) is 13.1. The Morgan fingerprint density at radius 3 is 2.67 bits per heavy atom. The van der Waals surface area contributed by atoms with Crippen LogP contribution in [0.15, 0.2) is 47.4 Å². The molecule has 1 N–H and O–H groups in total. The van der Waals surface area contributed by atoms with Crippen molar-refractivity contribution in [3.05, 3.63) is 53.6 Å². The molecule has 1 saturated heterocycles. The van der Waals surface area contributed by atoms with Crippen LogP contribution in [0, 0.1) is 6.92 Å². The highest BCUT2D eigenvalue weighted by atomic mass is 32.2. The predicted molar refractivity (Wildman–Crippen MR) is 110 cm³/mol. The van der Waals surface area contributed by atoms with Crippen molar-refractivity contribution < 1.29 is 9.59 Å². The van der Waals surface area contributed by atoms with Crippen LogP contribution in [0.1, 0.15) is 22.3 Å². The Morgan fingerprint density at radius 1 is 1.07 bits per heavy atom. The van der Waals surface area contributed by atoms with Gasteiger partial charge in [0.15, 0.2) is 0 Å². The number of carbonyl (C=O) groups excluding carboxylic acids is 2. The van der Waals surface area contributed by atoms with Gasteiger partial charge in [-0.3, -0.25) is 9.59 Å². The summed E-state index contributed by atoms with van der Waals surface area (Å²) in [6, 6.07) is 14.1. The highest BCUT2D eigenvalue weighted by molar-refractivity contribution is 7.99. The number of fused-ring (bicyclic) bond motifs is 1. The molecule has 2 aromatic rings. The van der Waals surface area contributed by atoms with Gasteiger partial charge >= 0.3 is 0 Å². The van der Waals surface area contributed by atoms with Crippen molar-refractivity contribution in [1.82, 2.24) is 4.90 Å². The second-order valence-electron chi connectivity index (χ2n) is 6.98. The van der Waals surface area contributed by atoms with Crippen LogP contribution in [0.4, 0.5) is 11.4 Å². The van der Waals surface area contributed by atoms with E-state index in [2.05, 4.69) is 41.4 Å². The minimum atomic E-state index is 0.0117. The lowest BCUT2D eigenvalue weighted by Crippen LogP contribution is -2.48. The highest BCUT2D eigenvalue weighted by Crippen LogP contribution is 2.32. The zero-order chi connectivity index (χ0) is 18.8. The lowest BCUT2D eigenvalue weighted by atomic mass is 10.1. The van der Waals surface area contributed by atoms with Gasteiger partial charge in [0.2, 0.25) is 5.91 Å². The molecule has 2 aliphatic heterocycles. The van der Waals surface area contributed by atoms with Gasteiger partial charge in [0.1, 0.15) is 0 Å². The molecule has 0 bridgehead atoms. The van der Waals surface area contributed by atoms with Crippen LogP contribution < -0.4 is 10.2 Å². The summed E-state index contributed by atoms with van der Waals surface area (Å²) < 4.78 is 0. The van der Waals surface area contributed by atoms with E-state index in [9.17, 15) is 9.59 Å². The van der Waals surface area contributed by atoms with Crippen LogP contribution in [0.3, 0.4) is 0 Å². The smallest absolute Gasteiger partial charge is 0.254 e. The van der Waals surface area contributed by atoms with E-state index in [4.69, 9.17) is 0 Å². The van der Waals surface area contributed by atoms with E-state index in [1.807, 2.05) is 23.1 Å². The number of aryl methyl sites for hydroxylation is 1. The van der Waals surface area contributed by atoms with Crippen LogP contribution in [0.5, 0.6) is 0 Å². The Hall–Kier alpha value is -2.47. The van der Waals surface area contributed by atoms with Gasteiger partial charge < -0.3 is 15.1 Å². The molecule has 6 heteroatoms. The Balaban J connectivity index is 1.44. The molecule has 2 aliphatic rings. The third kappa shape index (κ3) is 3.95. The second-order valence-corrected chi connectivity index (χ2v) is 8.11. The molecule has 0 atom stereocenters. The maximum atomic E-state index is 12.9.